The molecule has 23 heavy (non-hydrogen) atoms. The highest BCUT2D eigenvalue weighted by atomic mass is 19.4. The first-order chi connectivity index (χ1) is 10.9. The third-order valence-electron chi connectivity index (χ3n) is 4.17. The highest BCUT2D eigenvalue weighted by Gasteiger charge is 2.32. The van der Waals surface area contributed by atoms with E-state index in [1.165, 1.54) is 12.1 Å². The summed E-state index contributed by atoms with van der Waals surface area (Å²) in [7, 11) is 0. The van der Waals surface area contributed by atoms with Gasteiger partial charge in [0.1, 0.15) is 13.1 Å². The Morgan fingerprint density at radius 2 is 1.70 bits per heavy atom. The SMILES string of the molecule is C#CC[N+](CCCC)(CCCC)Cc1cccc(C(F)(F)F)c1. The first-order valence-corrected chi connectivity index (χ1v) is 8.31. The number of quaternary nitrogens is 1. The van der Waals surface area contributed by atoms with Crippen LogP contribution in [-0.2, 0) is 12.7 Å². The smallest absolute Gasteiger partial charge is 0.310 e. The van der Waals surface area contributed by atoms with Gasteiger partial charge in [-0.1, -0.05) is 38.8 Å². The van der Waals surface area contributed by atoms with E-state index >= 15 is 0 Å². The van der Waals surface area contributed by atoms with Crippen LogP contribution in [-0.4, -0.2) is 24.1 Å². The van der Waals surface area contributed by atoms with Gasteiger partial charge < -0.3 is 4.48 Å². The Labute approximate surface area is 138 Å². The normalized spacial score (nSPS) is 12.2. The van der Waals surface area contributed by atoms with Crippen molar-refractivity contribution in [2.45, 2.75) is 52.3 Å². The summed E-state index contributed by atoms with van der Waals surface area (Å²) in [5.74, 6) is 2.74. The van der Waals surface area contributed by atoms with Crippen molar-refractivity contribution in [1.82, 2.24) is 0 Å². The highest BCUT2D eigenvalue weighted by molar-refractivity contribution is 5.25. The van der Waals surface area contributed by atoms with Crippen molar-refractivity contribution < 1.29 is 17.7 Å². The molecule has 0 atom stereocenters. The average molecular weight is 326 g/mol. The number of benzene rings is 1. The van der Waals surface area contributed by atoms with E-state index in [2.05, 4.69) is 19.8 Å². The van der Waals surface area contributed by atoms with Gasteiger partial charge in [0.25, 0.3) is 0 Å². The number of rotatable bonds is 9. The molecule has 0 aliphatic carbocycles. The number of alkyl halides is 3. The summed E-state index contributed by atoms with van der Waals surface area (Å²) in [5.41, 5.74) is 0.127. The topological polar surface area (TPSA) is 0 Å². The molecule has 0 fully saturated rings. The standard InChI is InChI=1S/C19H27F3N/c1-4-7-13-23(12-6-3,14-8-5-2)16-17-10-9-11-18(15-17)19(20,21)22/h3,9-11,15H,4-5,7-8,12-14,16H2,1-2H3/q+1. The van der Waals surface area contributed by atoms with Crippen molar-refractivity contribution in [3.05, 3.63) is 35.4 Å². The Hall–Kier alpha value is -1.47. The van der Waals surface area contributed by atoms with Crippen LogP contribution in [0, 0.1) is 12.3 Å². The molecule has 0 heterocycles. The fourth-order valence-corrected chi connectivity index (χ4v) is 2.90. The van der Waals surface area contributed by atoms with Crippen molar-refractivity contribution in [1.29, 1.82) is 0 Å². The van der Waals surface area contributed by atoms with Gasteiger partial charge in [-0.3, -0.25) is 0 Å². The van der Waals surface area contributed by atoms with Gasteiger partial charge in [0.05, 0.1) is 18.7 Å². The van der Waals surface area contributed by atoms with Crippen molar-refractivity contribution in [3.63, 3.8) is 0 Å². The number of hydrogen-bond acceptors (Lipinski definition) is 0. The van der Waals surface area contributed by atoms with Crippen LogP contribution in [0.25, 0.3) is 0 Å². The summed E-state index contributed by atoms with van der Waals surface area (Å²) in [4.78, 5) is 0. The van der Waals surface area contributed by atoms with Crippen LogP contribution >= 0.6 is 0 Å². The molecule has 0 aliphatic rings. The van der Waals surface area contributed by atoms with Crippen molar-refractivity contribution >= 4 is 0 Å². The lowest BCUT2D eigenvalue weighted by Crippen LogP contribution is -2.49. The zero-order valence-electron chi connectivity index (χ0n) is 14.1. The van der Waals surface area contributed by atoms with Gasteiger partial charge in [0.15, 0.2) is 0 Å². The largest absolute Gasteiger partial charge is 0.416 e. The number of nitrogens with zero attached hydrogens (tertiary/aromatic N) is 1. The van der Waals surface area contributed by atoms with E-state index in [1.807, 2.05) is 0 Å². The zero-order chi connectivity index (χ0) is 17.3. The Bertz CT molecular complexity index is 506. The first-order valence-electron chi connectivity index (χ1n) is 8.31. The first kappa shape index (κ1) is 19.6. The molecule has 1 rings (SSSR count). The molecule has 0 N–H and O–H groups in total. The summed E-state index contributed by atoms with van der Waals surface area (Å²) in [6.45, 7) is 7.20. The molecule has 0 saturated carbocycles. The summed E-state index contributed by atoms with van der Waals surface area (Å²) in [6.07, 6.45) is 5.44. The molecule has 0 amide bonds. The van der Waals surface area contributed by atoms with Gasteiger partial charge in [-0.2, -0.15) is 13.2 Å². The second-order valence-corrected chi connectivity index (χ2v) is 6.21. The van der Waals surface area contributed by atoms with Crippen LogP contribution in [0.1, 0.15) is 50.7 Å². The number of halogens is 3. The average Bonchev–Trinajstić information content (AvgIpc) is 2.50. The predicted molar refractivity (Wildman–Crippen MR) is 88.7 cm³/mol. The van der Waals surface area contributed by atoms with Gasteiger partial charge in [-0.25, -0.2) is 0 Å². The number of hydrogen-bond donors (Lipinski definition) is 0. The zero-order valence-corrected chi connectivity index (χ0v) is 14.1. The molecule has 0 radical (unpaired) electrons. The molecule has 1 aromatic carbocycles. The summed E-state index contributed by atoms with van der Waals surface area (Å²) in [6, 6.07) is 5.65. The molecule has 1 nitrogen and oxygen atoms in total. The van der Waals surface area contributed by atoms with Crippen LogP contribution in [0.4, 0.5) is 13.2 Å². The molecule has 0 spiro atoms. The fourth-order valence-electron chi connectivity index (χ4n) is 2.90. The molecule has 128 valence electrons. The molecule has 0 aliphatic heterocycles. The second kappa shape index (κ2) is 8.98. The maximum absolute atomic E-state index is 12.9. The summed E-state index contributed by atoms with van der Waals surface area (Å²) >= 11 is 0. The van der Waals surface area contributed by atoms with Crippen LogP contribution in [0.5, 0.6) is 0 Å². The van der Waals surface area contributed by atoms with E-state index in [4.69, 9.17) is 6.42 Å². The Morgan fingerprint density at radius 3 is 2.17 bits per heavy atom. The van der Waals surface area contributed by atoms with E-state index in [1.54, 1.807) is 6.07 Å². The second-order valence-electron chi connectivity index (χ2n) is 6.21. The number of terminal acetylenes is 1. The van der Waals surface area contributed by atoms with Crippen molar-refractivity contribution in [2.24, 2.45) is 0 Å². The Balaban J connectivity index is 3.05. The van der Waals surface area contributed by atoms with Crippen molar-refractivity contribution in [2.75, 3.05) is 19.6 Å². The molecule has 4 heteroatoms. The van der Waals surface area contributed by atoms with Crippen LogP contribution in [0.2, 0.25) is 0 Å². The molecule has 0 unspecified atom stereocenters. The summed E-state index contributed by atoms with van der Waals surface area (Å²) < 4.78 is 39.4. The van der Waals surface area contributed by atoms with Gasteiger partial charge in [-0.05, 0) is 30.9 Å². The molecule has 0 bridgehead atoms. The highest BCUT2D eigenvalue weighted by Crippen LogP contribution is 2.30. The van der Waals surface area contributed by atoms with Gasteiger partial charge >= 0.3 is 6.18 Å². The monoisotopic (exact) mass is 326 g/mol. The lowest BCUT2D eigenvalue weighted by atomic mass is 10.1. The lowest BCUT2D eigenvalue weighted by Gasteiger charge is -2.37. The van der Waals surface area contributed by atoms with Gasteiger partial charge in [-0.15, -0.1) is 6.42 Å². The van der Waals surface area contributed by atoms with Gasteiger partial charge in [0, 0.05) is 5.56 Å². The minimum atomic E-state index is -4.30. The molecule has 0 aromatic heterocycles. The lowest BCUT2D eigenvalue weighted by molar-refractivity contribution is -0.934. The molecule has 1 aromatic rings. The molecule has 0 saturated heterocycles. The minimum absolute atomic E-state index is 0.564. The van der Waals surface area contributed by atoms with E-state index in [0.29, 0.717) is 23.1 Å². The maximum Gasteiger partial charge on any atom is 0.416 e. The summed E-state index contributed by atoms with van der Waals surface area (Å²) in [5, 5.41) is 0. The van der Waals surface area contributed by atoms with E-state index in [0.717, 1.165) is 44.8 Å². The predicted octanol–water partition coefficient (Wildman–Crippen LogP) is 5.26. The van der Waals surface area contributed by atoms with Crippen LogP contribution < -0.4 is 0 Å². The van der Waals surface area contributed by atoms with E-state index in [9.17, 15) is 13.2 Å². The number of unbranched alkanes of at least 4 members (excludes halogenated alkanes) is 2. The maximum atomic E-state index is 12.9. The Kier molecular flexibility index (Phi) is 7.64. The van der Waals surface area contributed by atoms with Crippen molar-refractivity contribution in [3.8, 4) is 12.3 Å². The van der Waals surface area contributed by atoms with E-state index in [-0.39, 0.29) is 0 Å². The van der Waals surface area contributed by atoms with E-state index < -0.39 is 11.7 Å². The quantitative estimate of drug-likeness (QED) is 0.429. The minimum Gasteiger partial charge on any atom is -0.310 e. The third-order valence-corrected chi connectivity index (χ3v) is 4.17. The molecular weight excluding hydrogens is 299 g/mol. The Morgan fingerprint density at radius 1 is 1.09 bits per heavy atom. The van der Waals surface area contributed by atoms with Crippen LogP contribution in [0.3, 0.4) is 0 Å². The molecular formula is C19H27F3N+. The third kappa shape index (κ3) is 6.27. The fraction of sp³-hybridized carbons (Fsp3) is 0.579. The van der Waals surface area contributed by atoms with Crippen LogP contribution in [0.15, 0.2) is 24.3 Å². The van der Waals surface area contributed by atoms with Gasteiger partial charge in [0.2, 0.25) is 0 Å².